The molecule has 0 heterocycles. The Morgan fingerprint density at radius 1 is 1.44 bits per heavy atom. The van der Waals surface area contributed by atoms with Crippen molar-refractivity contribution < 1.29 is 5.11 Å². The van der Waals surface area contributed by atoms with Crippen LogP contribution in [0.15, 0.2) is 18.2 Å². The zero-order valence-electron chi connectivity index (χ0n) is 9.49. The fourth-order valence-electron chi connectivity index (χ4n) is 2.31. The molecule has 1 saturated carbocycles. The van der Waals surface area contributed by atoms with E-state index in [2.05, 4.69) is 0 Å². The summed E-state index contributed by atoms with van der Waals surface area (Å²) in [4.78, 5) is 0. The Kier molecular flexibility index (Phi) is 3.53. The summed E-state index contributed by atoms with van der Waals surface area (Å²) in [5.74, 6) is 0.352. The van der Waals surface area contributed by atoms with Crippen molar-refractivity contribution in [3.63, 3.8) is 0 Å². The van der Waals surface area contributed by atoms with E-state index in [9.17, 15) is 5.11 Å². The smallest absolute Gasteiger partial charge is 0.0761 e. The van der Waals surface area contributed by atoms with Crippen LogP contribution in [0, 0.1) is 12.8 Å². The molecular weight excluding hydrogens is 222 g/mol. The van der Waals surface area contributed by atoms with Gasteiger partial charge in [0.2, 0.25) is 0 Å². The number of aliphatic hydroxyl groups is 1. The second-order valence-electron chi connectivity index (χ2n) is 4.68. The molecule has 1 fully saturated rings. The maximum absolute atomic E-state index is 10.2. The minimum absolute atomic E-state index is 0.352. The molecule has 3 heteroatoms. The molecule has 0 saturated heterocycles. The Morgan fingerprint density at radius 2 is 2.12 bits per heavy atom. The number of nitrogens with two attached hydrogens (primary N) is 1. The third kappa shape index (κ3) is 2.10. The lowest BCUT2D eigenvalue weighted by Gasteiger charge is -2.34. The molecule has 0 unspecified atom stereocenters. The van der Waals surface area contributed by atoms with Crippen LogP contribution in [0.2, 0.25) is 5.02 Å². The fourth-order valence-corrected chi connectivity index (χ4v) is 2.66. The zero-order chi connectivity index (χ0) is 11.7. The Labute approximate surface area is 101 Å². The van der Waals surface area contributed by atoms with Crippen LogP contribution in [0.5, 0.6) is 0 Å². The lowest BCUT2D eigenvalue weighted by Crippen LogP contribution is -2.36. The lowest BCUT2D eigenvalue weighted by atomic mass is 9.77. The third-order valence-electron chi connectivity index (χ3n) is 3.61. The monoisotopic (exact) mass is 239 g/mol. The Balaban J connectivity index is 2.22. The van der Waals surface area contributed by atoms with Gasteiger partial charge in [-0.2, -0.15) is 0 Å². The average Bonchev–Trinajstić information content (AvgIpc) is 2.14. The van der Waals surface area contributed by atoms with Crippen LogP contribution in [0.3, 0.4) is 0 Å². The molecule has 16 heavy (non-hydrogen) atoms. The van der Waals surface area contributed by atoms with Gasteiger partial charge in [-0.3, -0.25) is 0 Å². The van der Waals surface area contributed by atoms with Crippen molar-refractivity contribution >= 4 is 11.6 Å². The van der Waals surface area contributed by atoms with Crippen LogP contribution >= 0.6 is 11.6 Å². The van der Waals surface area contributed by atoms with Crippen molar-refractivity contribution in [2.75, 3.05) is 0 Å². The van der Waals surface area contributed by atoms with E-state index in [4.69, 9.17) is 17.3 Å². The van der Waals surface area contributed by atoms with Gasteiger partial charge in [-0.25, -0.2) is 0 Å². The van der Waals surface area contributed by atoms with Gasteiger partial charge in [0.25, 0.3) is 0 Å². The van der Waals surface area contributed by atoms with Crippen LogP contribution in [0.1, 0.15) is 36.4 Å². The summed E-state index contributed by atoms with van der Waals surface area (Å²) in [5, 5.41) is 10.8. The molecule has 0 amide bonds. The van der Waals surface area contributed by atoms with E-state index in [1.165, 1.54) is 6.42 Å². The molecule has 0 radical (unpaired) electrons. The minimum Gasteiger partial charge on any atom is -0.391 e. The molecule has 1 aliphatic carbocycles. The largest absolute Gasteiger partial charge is 0.391 e. The van der Waals surface area contributed by atoms with Gasteiger partial charge < -0.3 is 10.8 Å². The number of halogens is 1. The van der Waals surface area contributed by atoms with E-state index in [1.54, 1.807) is 0 Å². The second-order valence-corrected chi connectivity index (χ2v) is 5.08. The standard InChI is InChI=1S/C13H18ClNO/c1-8-4-2-7-10(14)11(8)12(15)13(16)9-5-3-6-9/h2,4,7,9,12-13,16H,3,5-6,15H2,1H3/t12-,13+/m1/s1. The van der Waals surface area contributed by atoms with Gasteiger partial charge in [-0.05, 0) is 42.9 Å². The number of hydrogen-bond acceptors (Lipinski definition) is 2. The first-order chi connectivity index (χ1) is 7.61. The molecule has 1 aromatic rings. The summed E-state index contributed by atoms with van der Waals surface area (Å²) in [6.07, 6.45) is 2.90. The maximum atomic E-state index is 10.2. The fraction of sp³-hybridized carbons (Fsp3) is 0.538. The topological polar surface area (TPSA) is 46.2 Å². The summed E-state index contributed by atoms with van der Waals surface area (Å²) in [5.41, 5.74) is 8.06. The van der Waals surface area contributed by atoms with E-state index in [0.717, 1.165) is 24.0 Å². The summed E-state index contributed by atoms with van der Waals surface area (Å²) in [6.45, 7) is 1.98. The highest BCUT2D eigenvalue weighted by atomic mass is 35.5. The van der Waals surface area contributed by atoms with Crippen molar-refractivity contribution in [2.45, 2.75) is 38.3 Å². The summed E-state index contributed by atoms with van der Waals surface area (Å²) < 4.78 is 0. The molecular formula is C13H18ClNO. The molecule has 0 spiro atoms. The number of aryl methyl sites for hydroxylation is 1. The molecule has 1 aromatic carbocycles. The molecule has 0 aromatic heterocycles. The first-order valence-corrected chi connectivity index (χ1v) is 6.17. The van der Waals surface area contributed by atoms with Gasteiger partial charge in [-0.1, -0.05) is 30.2 Å². The van der Waals surface area contributed by atoms with Gasteiger partial charge in [0.15, 0.2) is 0 Å². The third-order valence-corrected chi connectivity index (χ3v) is 3.93. The molecule has 88 valence electrons. The molecule has 2 atom stereocenters. The van der Waals surface area contributed by atoms with E-state index >= 15 is 0 Å². The van der Waals surface area contributed by atoms with Gasteiger partial charge in [0, 0.05) is 5.02 Å². The van der Waals surface area contributed by atoms with Crippen LogP contribution in [0.4, 0.5) is 0 Å². The first-order valence-electron chi connectivity index (χ1n) is 5.80. The van der Waals surface area contributed by atoms with Gasteiger partial charge in [-0.15, -0.1) is 0 Å². The van der Waals surface area contributed by atoms with Crippen LogP contribution < -0.4 is 5.73 Å². The SMILES string of the molecule is Cc1cccc(Cl)c1[C@@H](N)[C@@H](O)C1CCC1. The number of rotatable bonds is 3. The van der Waals surface area contributed by atoms with Crippen LogP contribution in [-0.2, 0) is 0 Å². The van der Waals surface area contributed by atoms with Crippen molar-refractivity contribution in [1.29, 1.82) is 0 Å². The van der Waals surface area contributed by atoms with Gasteiger partial charge in [0.1, 0.15) is 0 Å². The summed E-state index contributed by atoms with van der Waals surface area (Å²) >= 11 is 6.14. The number of hydrogen-bond donors (Lipinski definition) is 2. The Morgan fingerprint density at radius 3 is 2.62 bits per heavy atom. The van der Waals surface area contributed by atoms with E-state index < -0.39 is 6.10 Å². The first kappa shape index (κ1) is 11.9. The predicted molar refractivity (Wildman–Crippen MR) is 66.5 cm³/mol. The maximum Gasteiger partial charge on any atom is 0.0761 e. The minimum atomic E-state index is -0.465. The van der Waals surface area contributed by atoms with E-state index in [1.807, 2.05) is 25.1 Å². The van der Waals surface area contributed by atoms with E-state index in [0.29, 0.717) is 10.9 Å². The van der Waals surface area contributed by atoms with Crippen LogP contribution in [-0.4, -0.2) is 11.2 Å². The van der Waals surface area contributed by atoms with Crippen molar-refractivity contribution in [3.05, 3.63) is 34.3 Å². The van der Waals surface area contributed by atoms with Crippen molar-refractivity contribution in [3.8, 4) is 0 Å². The van der Waals surface area contributed by atoms with Crippen molar-refractivity contribution in [2.24, 2.45) is 11.7 Å². The van der Waals surface area contributed by atoms with Crippen LogP contribution in [0.25, 0.3) is 0 Å². The normalized spacial score (nSPS) is 20.2. The van der Waals surface area contributed by atoms with Gasteiger partial charge >= 0.3 is 0 Å². The molecule has 3 N–H and O–H groups in total. The Hall–Kier alpha value is -0.570. The second kappa shape index (κ2) is 4.74. The molecule has 2 nitrogen and oxygen atoms in total. The van der Waals surface area contributed by atoms with E-state index in [-0.39, 0.29) is 6.04 Å². The summed E-state index contributed by atoms with van der Waals surface area (Å²) in [7, 11) is 0. The number of aliphatic hydroxyl groups excluding tert-OH is 1. The lowest BCUT2D eigenvalue weighted by molar-refractivity contribution is 0.0412. The predicted octanol–water partition coefficient (Wildman–Crippen LogP) is 2.81. The number of benzene rings is 1. The Bertz CT molecular complexity index is 356. The zero-order valence-corrected chi connectivity index (χ0v) is 10.2. The summed E-state index contributed by atoms with van der Waals surface area (Å²) in [6, 6.07) is 5.36. The molecule has 2 rings (SSSR count). The molecule has 1 aliphatic rings. The average molecular weight is 240 g/mol. The van der Waals surface area contributed by atoms with Crippen molar-refractivity contribution in [1.82, 2.24) is 0 Å². The quantitative estimate of drug-likeness (QED) is 0.852. The van der Waals surface area contributed by atoms with Gasteiger partial charge in [0.05, 0.1) is 12.1 Å². The molecule has 0 aliphatic heterocycles. The highest BCUT2D eigenvalue weighted by Crippen LogP contribution is 2.36. The highest BCUT2D eigenvalue weighted by molar-refractivity contribution is 6.31. The molecule has 0 bridgehead atoms. The highest BCUT2D eigenvalue weighted by Gasteiger charge is 2.32.